The molecule has 0 fully saturated rings. The maximum atomic E-state index is 13.7. The molecule has 0 aliphatic heterocycles. The lowest BCUT2D eigenvalue weighted by atomic mass is 10.0. The largest absolute Gasteiger partial charge is 0.369 e. The Hall–Kier alpha value is -1.33. The molecule has 0 saturated heterocycles. The predicted molar refractivity (Wildman–Crippen MR) is 81.5 cm³/mol. The Morgan fingerprint density at radius 2 is 2.05 bits per heavy atom. The summed E-state index contributed by atoms with van der Waals surface area (Å²) < 4.78 is 15.6. The van der Waals surface area contributed by atoms with Crippen LogP contribution < -0.4 is 5.73 Å². The number of nitrogens with two attached hydrogens (primary N) is 1. The number of nitrogen functional groups attached to an aromatic ring is 1. The van der Waals surface area contributed by atoms with Crippen LogP contribution in [-0.2, 0) is 0 Å². The first-order valence-corrected chi connectivity index (χ1v) is 6.96. The molecule has 1 aromatic carbocycles. The van der Waals surface area contributed by atoms with Gasteiger partial charge in [-0.1, -0.05) is 25.4 Å². The lowest BCUT2D eigenvalue weighted by Gasteiger charge is -2.27. The van der Waals surface area contributed by atoms with Gasteiger partial charge in [0.05, 0.1) is 22.1 Å². The van der Waals surface area contributed by atoms with Gasteiger partial charge in [-0.3, -0.25) is 0 Å². The summed E-state index contributed by atoms with van der Waals surface area (Å²) in [7, 11) is 4.00. The molecule has 6 heteroatoms. The minimum Gasteiger partial charge on any atom is -0.369 e. The Kier molecular flexibility index (Phi) is 4.20. The number of hydrogen-bond acceptors (Lipinski definition) is 3. The number of anilines is 1. The summed E-state index contributed by atoms with van der Waals surface area (Å²) in [6, 6.07) is 3.05. The van der Waals surface area contributed by atoms with Crippen molar-refractivity contribution in [3.63, 3.8) is 0 Å². The minimum atomic E-state index is -0.451. The van der Waals surface area contributed by atoms with Crippen molar-refractivity contribution in [2.24, 2.45) is 5.92 Å². The molecule has 0 bridgehead atoms. The zero-order valence-corrected chi connectivity index (χ0v) is 12.9. The Morgan fingerprint density at radius 3 is 2.60 bits per heavy atom. The van der Waals surface area contributed by atoms with Gasteiger partial charge in [0, 0.05) is 12.6 Å². The number of imidazole rings is 1. The fraction of sp³-hybridized carbons (Fsp3) is 0.500. The maximum absolute atomic E-state index is 13.7. The van der Waals surface area contributed by atoms with E-state index < -0.39 is 5.82 Å². The van der Waals surface area contributed by atoms with Crippen molar-refractivity contribution in [1.29, 1.82) is 0 Å². The van der Waals surface area contributed by atoms with Crippen LogP contribution in [0.1, 0.15) is 19.9 Å². The number of halogens is 2. The molecule has 0 radical (unpaired) electrons. The first kappa shape index (κ1) is 15.1. The zero-order chi connectivity index (χ0) is 15.0. The number of nitrogens with zero attached hydrogens (tertiary/aromatic N) is 3. The highest BCUT2D eigenvalue weighted by molar-refractivity contribution is 6.31. The molecule has 1 heterocycles. The third-order valence-electron chi connectivity index (χ3n) is 3.41. The van der Waals surface area contributed by atoms with Crippen molar-refractivity contribution >= 4 is 28.6 Å². The van der Waals surface area contributed by atoms with Gasteiger partial charge in [-0.25, -0.2) is 9.37 Å². The SMILES string of the molecule is CC(C)C(CN(C)C)n1c(N)nc2cc(Cl)c(F)cc21. The summed E-state index contributed by atoms with van der Waals surface area (Å²) in [5.74, 6) is 0.283. The van der Waals surface area contributed by atoms with E-state index in [-0.39, 0.29) is 11.1 Å². The second-order valence-electron chi connectivity index (χ2n) is 5.67. The molecule has 2 N–H and O–H groups in total. The highest BCUT2D eigenvalue weighted by Gasteiger charge is 2.22. The number of hydrogen-bond donors (Lipinski definition) is 1. The number of rotatable bonds is 4. The van der Waals surface area contributed by atoms with E-state index in [4.69, 9.17) is 17.3 Å². The van der Waals surface area contributed by atoms with Crippen molar-refractivity contribution in [2.75, 3.05) is 26.4 Å². The van der Waals surface area contributed by atoms with Crippen molar-refractivity contribution in [2.45, 2.75) is 19.9 Å². The molecule has 2 rings (SSSR count). The van der Waals surface area contributed by atoms with Crippen molar-refractivity contribution in [1.82, 2.24) is 14.5 Å². The summed E-state index contributed by atoms with van der Waals surface area (Å²) in [5.41, 5.74) is 7.34. The summed E-state index contributed by atoms with van der Waals surface area (Å²) in [4.78, 5) is 6.38. The first-order valence-electron chi connectivity index (χ1n) is 6.58. The lowest BCUT2D eigenvalue weighted by Crippen LogP contribution is -2.29. The van der Waals surface area contributed by atoms with Crippen LogP contribution in [0.2, 0.25) is 5.02 Å². The Labute approximate surface area is 123 Å². The van der Waals surface area contributed by atoms with Gasteiger partial charge < -0.3 is 15.2 Å². The van der Waals surface area contributed by atoms with E-state index in [9.17, 15) is 4.39 Å². The predicted octanol–water partition coefficient (Wildman–Crippen LogP) is 3.17. The molecule has 0 spiro atoms. The molecule has 110 valence electrons. The quantitative estimate of drug-likeness (QED) is 0.943. The number of fused-ring (bicyclic) bond motifs is 1. The number of aromatic nitrogens is 2. The Morgan fingerprint density at radius 1 is 1.40 bits per heavy atom. The van der Waals surface area contributed by atoms with Crippen LogP contribution in [0.3, 0.4) is 0 Å². The van der Waals surface area contributed by atoms with Gasteiger partial charge in [0.2, 0.25) is 5.95 Å². The normalized spacial score (nSPS) is 13.6. The van der Waals surface area contributed by atoms with Crippen LogP contribution >= 0.6 is 11.6 Å². The smallest absolute Gasteiger partial charge is 0.201 e. The standard InChI is InChI=1S/C14H20ClFN4/c1-8(2)13(7-19(3)4)20-12-6-10(16)9(15)5-11(12)18-14(20)17/h5-6,8,13H,7H2,1-4H3,(H2,17,18). The summed E-state index contributed by atoms with van der Waals surface area (Å²) in [6.07, 6.45) is 0. The van der Waals surface area contributed by atoms with Gasteiger partial charge in [0.1, 0.15) is 5.82 Å². The zero-order valence-electron chi connectivity index (χ0n) is 12.2. The molecule has 0 amide bonds. The molecule has 4 nitrogen and oxygen atoms in total. The van der Waals surface area contributed by atoms with Crippen LogP contribution in [0.25, 0.3) is 11.0 Å². The topological polar surface area (TPSA) is 47.1 Å². The van der Waals surface area contributed by atoms with Crippen molar-refractivity contribution < 1.29 is 4.39 Å². The van der Waals surface area contributed by atoms with Crippen LogP contribution in [-0.4, -0.2) is 35.1 Å². The van der Waals surface area contributed by atoms with Gasteiger partial charge in [-0.15, -0.1) is 0 Å². The fourth-order valence-corrected chi connectivity index (χ4v) is 2.58. The second kappa shape index (κ2) is 5.58. The molecule has 1 unspecified atom stereocenters. The van der Waals surface area contributed by atoms with Gasteiger partial charge >= 0.3 is 0 Å². The lowest BCUT2D eigenvalue weighted by molar-refractivity contribution is 0.275. The Balaban J connectivity index is 2.62. The monoisotopic (exact) mass is 298 g/mol. The van der Waals surface area contributed by atoms with E-state index in [2.05, 4.69) is 23.7 Å². The summed E-state index contributed by atoms with van der Waals surface area (Å²) in [6.45, 7) is 5.04. The van der Waals surface area contributed by atoms with Crippen LogP contribution in [0.4, 0.5) is 10.3 Å². The van der Waals surface area contributed by atoms with Crippen LogP contribution in [0, 0.1) is 11.7 Å². The first-order chi connectivity index (χ1) is 9.31. The van der Waals surface area contributed by atoms with E-state index in [1.54, 1.807) is 0 Å². The van der Waals surface area contributed by atoms with E-state index in [1.807, 2.05) is 18.7 Å². The summed E-state index contributed by atoms with van der Waals surface area (Å²) in [5, 5.41) is 0.0656. The molecule has 1 atom stereocenters. The molecular formula is C14H20ClFN4. The van der Waals surface area contributed by atoms with Gasteiger partial charge in [-0.05, 0) is 26.1 Å². The van der Waals surface area contributed by atoms with Crippen LogP contribution in [0.5, 0.6) is 0 Å². The third kappa shape index (κ3) is 2.74. The average Bonchev–Trinajstić information content (AvgIpc) is 2.62. The third-order valence-corrected chi connectivity index (χ3v) is 3.70. The summed E-state index contributed by atoms with van der Waals surface area (Å²) >= 11 is 5.80. The molecule has 0 aliphatic carbocycles. The molecule has 1 aromatic heterocycles. The van der Waals surface area contributed by atoms with E-state index >= 15 is 0 Å². The van der Waals surface area contributed by atoms with Gasteiger partial charge in [0.25, 0.3) is 0 Å². The number of likely N-dealkylation sites (N-methyl/N-ethyl adjacent to an activating group) is 1. The van der Waals surface area contributed by atoms with E-state index in [0.717, 1.165) is 6.54 Å². The van der Waals surface area contributed by atoms with Gasteiger partial charge in [-0.2, -0.15) is 0 Å². The fourth-order valence-electron chi connectivity index (χ4n) is 2.42. The molecule has 2 aromatic rings. The molecule has 0 saturated carbocycles. The maximum Gasteiger partial charge on any atom is 0.201 e. The highest BCUT2D eigenvalue weighted by atomic mass is 35.5. The van der Waals surface area contributed by atoms with Crippen molar-refractivity contribution in [3.8, 4) is 0 Å². The Bertz CT molecular complexity index is 621. The number of benzene rings is 1. The second-order valence-corrected chi connectivity index (χ2v) is 6.08. The average molecular weight is 299 g/mol. The highest BCUT2D eigenvalue weighted by Crippen LogP contribution is 2.30. The minimum absolute atomic E-state index is 0.0656. The molecular weight excluding hydrogens is 279 g/mol. The molecule has 20 heavy (non-hydrogen) atoms. The van der Waals surface area contributed by atoms with Gasteiger partial charge in [0.15, 0.2) is 0 Å². The van der Waals surface area contributed by atoms with Crippen LogP contribution in [0.15, 0.2) is 12.1 Å². The van der Waals surface area contributed by atoms with E-state index in [0.29, 0.717) is 22.9 Å². The van der Waals surface area contributed by atoms with Crippen molar-refractivity contribution in [3.05, 3.63) is 23.0 Å². The molecule has 0 aliphatic rings. The van der Waals surface area contributed by atoms with E-state index in [1.165, 1.54) is 12.1 Å².